The molecule has 2 fully saturated rings. The predicted molar refractivity (Wildman–Crippen MR) is 109 cm³/mol. The van der Waals surface area contributed by atoms with E-state index in [-0.39, 0.29) is 5.92 Å². The van der Waals surface area contributed by atoms with Crippen molar-refractivity contribution in [3.05, 3.63) is 18.7 Å². The Morgan fingerprint density at radius 3 is 2.81 bits per heavy atom. The summed E-state index contributed by atoms with van der Waals surface area (Å²) in [6, 6.07) is 0.374. The number of hydrogen-bond donors (Lipinski definition) is 1. The van der Waals surface area contributed by atoms with Crippen LogP contribution < -0.4 is 5.32 Å². The number of piperidine rings is 1. The van der Waals surface area contributed by atoms with Crippen LogP contribution in [0.1, 0.15) is 39.7 Å². The zero-order chi connectivity index (χ0) is 19.4. The molecule has 3 unspecified atom stereocenters. The molecule has 0 saturated carbocycles. The van der Waals surface area contributed by atoms with Gasteiger partial charge in [0.05, 0.1) is 23.9 Å². The van der Waals surface area contributed by atoms with Gasteiger partial charge in [0.25, 0.3) is 0 Å². The number of rotatable bonds is 5. The standard InChI is InChI=1S/C19H33N5O2S/c1-15(2)10-21-19(22-11-17-5-9-27(25,26)13-17)23-7-4-16(3)18(12-23)24-8-6-20-14-24/h6,8,14-18H,4-5,7,9-13H2,1-3H3,(H,21,22). The molecule has 2 saturated heterocycles. The molecule has 0 radical (unpaired) electrons. The Morgan fingerprint density at radius 2 is 2.19 bits per heavy atom. The van der Waals surface area contributed by atoms with Crippen molar-refractivity contribution in [2.24, 2.45) is 22.7 Å². The van der Waals surface area contributed by atoms with Gasteiger partial charge in [-0.1, -0.05) is 20.8 Å². The van der Waals surface area contributed by atoms with Crippen LogP contribution in [0.15, 0.2) is 23.7 Å². The number of hydrogen-bond acceptors (Lipinski definition) is 4. The fourth-order valence-electron chi connectivity index (χ4n) is 3.90. The minimum absolute atomic E-state index is 0.187. The van der Waals surface area contributed by atoms with E-state index in [1.165, 1.54) is 0 Å². The number of guanidine groups is 1. The number of nitrogens with one attached hydrogen (secondary N) is 1. The molecule has 27 heavy (non-hydrogen) atoms. The predicted octanol–water partition coefficient (Wildman–Crippen LogP) is 1.80. The molecule has 3 atom stereocenters. The highest BCUT2D eigenvalue weighted by Crippen LogP contribution is 2.27. The van der Waals surface area contributed by atoms with Crippen molar-refractivity contribution in [1.29, 1.82) is 0 Å². The largest absolute Gasteiger partial charge is 0.356 e. The monoisotopic (exact) mass is 395 g/mol. The number of nitrogens with zero attached hydrogens (tertiary/aromatic N) is 4. The van der Waals surface area contributed by atoms with Gasteiger partial charge in [-0.25, -0.2) is 13.4 Å². The van der Waals surface area contributed by atoms with Crippen molar-refractivity contribution in [2.75, 3.05) is 37.7 Å². The minimum Gasteiger partial charge on any atom is -0.356 e. The highest BCUT2D eigenvalue weighted by atomic mass is 32.2. The summed E-state index contributed by atoms with van der Waals surface area (Å²) in [5.74, 6) is 2.80. The summed E-state index contributed by atoms with van der Waals surface area (Å²) in [6.07, 6.45) is 7.61. The van der Waals surface area contributed by atoms with Crippen LogP contribution in [0.3, 0.4) is 0 Å². The lowest BCUT2D eigenvalue weighted by atomic mass is 9.93. The van der Waals surface area contributed by atoms with E-state index in [0.717, 1.165) is 38.4 Å². The smallest absolute Gasteiger partial charge is 0.194 e. The molecule has 0 amide bonds. The molecular formula is C19H33N5O2S. The van der Waals surface area contributed by atoms with Gasteiger partial charge < -0.3 is 14.8 Å². The Labute approximate surface area is 163 Å². The van der Waals surface area contributed by atoms with Crippen LogP contribution >= 0.6 is 0 Å². The number of imidazole rings is 1. The maximum absolute atomic E-state index is 11.7. The topological polar surface area (TPSA) is 79.6 Å². The highest BCUT2D eigenvalue weighted by molar-refractivity contribution is 7.91. The first kappa shape index (κ1) is 20.2. The SMILES string of the molecule is CC(C)CN=C(NCC1CCS(=O)(=O)C1)N1CCC(C)C(n2ccnc2)C1. The Hall–Kier alpha value is -1.57. The van der Waals surface area contributed by atoms with Gasteiger partial charge in [0.1, 0.15) is 0 Å². The van der Waals surface area contributed by atoms with E-state index in [9.17, 15) is 8.42 Å². The Morgan fingerprint density at radius 1 is 1.37 bits per heavy atom. The number of likely N-dealkylation sites (tertiary alicyclic amines) is 1. The zero-order valence-corrected chi connectivity index (χ0v) is 17.5. The van der Waals surface area contributed by atoms with Crippen molar-refractivity contribution in [1.82, 2.24) is 19.8 Å². The first-order chi connectivity index (χ1) is 12.8. The quantitative estimate of drug-likeness (QED) is 0.607. The molecule has 0 bridgehead atoms. The van der Waals surface area contributed by atoms with Crippen LogP contribution in [0, 0.1) is 17.8 Å². The summed E-state index contributed by atoms with van der Waals surface area (Å²) in [4.78, 5) is 11.4. The molecular weight excluding hydrogens is 362 g/mol. The molecule has 3 heterocycles. The first-order valence-electron chi connectivity index (χ1n) is 10.0. The maximum Gasteiger partial charge on any atom is 0.194 e. The molecule has 152 valence electrons. The van der Waals surface area contributed by atoms with Crippen LogP contribution in [-0.2, 0) is 9.84 Å². The van der Waals surface area contributed by atoms with Gasteiger partial charge in [-0.2, -0.15) is 0 Å². The van der Waals surface area contributed by atoms with Crippen LogP contribution in [0.5, 0.6) is 0 Å². The molecule has 1 aromatic heterocycles. The maximum atomic E-state index is 11.7. The van der Waals surface area contributed by atoms with Crippen molar-refractivity contribution in [2.45, 2.75) is 39.7 Å². The molecule has 0 aromatic carbocycles. The lowest BCUT2D eigenvalue weighted by molar-refractivity contribution is 0.188. The van der Waals surface area contributed by atoms with Gasteiger partial charge in [0.15, 0.2) is 15.8 Å². The van der Waals surface area contributed by atoms with E-state index in [1.807, 2.05) is 18.7 Å². The molecule has 2 aliphatic heterocycles. The van der Waals surface area contributed by atoms with Crippen LogP contribution in [0.4, 0.5) is 0 Å². The Balaban J connectivity index is 1.67. The van der Waals surface area contributed by atoms with E-state index >= 15 is 0 Å². The molecule has 1 aromatic rings. The van der Waals surface area contributed by atoms with Crippen molar-refractivity contribution >= 4 is 15.8 Å². The second-order valence-electron chi connectivity index (χ2n) is 8.50. The lowest BCUT2D eigenvalue weighted by Crippen LogP contribution is -2.50. The summed E-state index contributed by atoms with van der Waals surface area (Å²) in [6.45, 7) is 9.94. The third kappa shape index (κ3) is 5.46. The molecule has 1 N–H and O–H groups in total. The van der Waals surface area contributed by atoms with Crippen LogP contribution in [0.25, 0.3) is 0 Å². The Bertz CT molecular complexity index is 729. The second-order valence-corrected chi connectivity index (χ2v) is 10.7. The summed E-state index contributed by atoms with van der Waals surface area (Å²) in [5.41, 5.74) is 0. The van der Waals surface area contributed by atoms with Gasteiger partial charge in [-0.05, 0) is 30.6 Å². The van der Waals surface area contributed by atoms with Crippen molar-refractivity contribution < 1.29 is 8.42 Å². The summed E-state index contributed by atoms with van der Waals surface area (Å²) in [7, 11) is -2.84. The highest BCUT2D eigenvalue weighted by Gasteiger charge is 2.31. The van der Waals surface area contributed by atoms with Crippen molar-refractivity contribution in [3.63, 3.8) is 0 Å². The van der Waals surface area contributed by atoms with Crippen LogP contribution in [-0.4, -0.2) is 66.5 Å². The second kappa shape index (κ2) is 8.63. The summed E-state index contributed by atoms with van der Waals surface area (Å²) >= 11 is 0. The van der Waals surface area contributed by atoms with Crippen LogP contribution in [0.2, 0.25) is 0 Å². The Kier molecular flexibility index (Phi) is 6.44. The van der Waals surface area contributed by atoms with Gasteiger partial charge in [-0.3, -0.25) is 4.99 Å². The normalized spacial score (nSPS) is 28.7. The summed E-state index contributed by atoms with van der Waals surface area (Å²) < 4.78 is 25.7. The minimum atomic E-state index is -2.84. The van der Waals surface area contributed by atoms with E-state index in [1.54, 1.807) is 0 Å². The van der Waals surface area contributed by atoms with E-state index < -0.39 is 9.84 Å². The zero-order valence-electron chi connectivity index (χ0n) is 16.7. The van der Waals surface area contributed by atoms with Gasteiger partial charge in [0, 0.05) is 38.6 Å². The fraction of sp³-hybridized carbons (Fsp3) is 0.789. The lowest BCUT2D eigenvalue weighted by Gasteiger charge is -2.39. The van der Waals surface area contributed by atoms with E-state index in [4.69, 9.17) is 4.99 Å². The third-order valence-corrected chi connectivity index (χ3v) is 7.44. The average Bonchev–Trinajstić information content (AvgIpc) is 3.25. The van der Waals surface area contributed by atoms with Gasteiger partial charge in [0.2, 0.25) is 0 Å². The van der Waals surface area contributed by atoms with Gasteiger partial charge >= 0.3 is 0 Å². The molecule has 7 nitrogen and oxygen atoms in total. The van der Waals surface area contributed by atoms with Gasteiger partial charge in [-0.15, -0.1) is 0 Å². The van der Waals surface area contributed by atoms with Crippen molar-refractivity contribution in [3.8, 4) is 0 Å². The number of aromatic nitrogens is 2. The van der Waals surface area contributed by atoms with E-state index in [0.29, 0.717) is 35.9 Å². The first-order valence-corrected chi connectivity index (χ1v) is 11.9. The number of sulfone groups is 1. The molecule has 0 spiro atoms. The summed E-state index contributed by atoms with van der Waals surface area (Å²) in [5, 5.41) is 3.49. The molecule has 0 aliphatic carbocycles. The molecule has 2 aliphatic rings. The third-order valence-electron chi connectivity index (χ3n) is 5.61. The van der Waals surface area contributed by atoms with E-state index in [2.05, 4.69) is 40.5 Å². The molecule has 8 heteroatoms. The average molecular weight is 396 g/mol. The fourth-order valence-corrected chi connectivity index (χ4v) is 5.76. The molecule has 3 rings (SSSR count). The number of aliphatic imine (C=N–C) groups is 1.